The summed E-state index contributed by atoms with van der Waals surface area (Å²) in [7, 11) is 0. The molecule has 0 saturated carbocycles. The lowest BCUT2D eigenvalue weighted by molar-refractivity contribution is -0.146. The van der Waals surface area contributed by atoms with Crippen LogP contribution >= 0.6 is 0 Å². The van der Waals surface area contributed by atoms with Crippen molar-refractivity contribution in [2.75, 3.05) is 19.8 Å². The zero-order valence-corrected chi connectivity index (χ0v) is 14.5. The largest absolute Gasteiger partial charge is 0.480 e. The monoisotopic (exact) mass is 359 g/mol. The van der Waals surface area contributed by atoms with Crippen LogP contribution < -0.4 is 11.1 Å². The third-order valence-electron chi connectivity index (χ3n) is 3.77. The zero-order valence-electron chi connectivity index (χ0n) is 14.5. The van der Waals surface area contributed by atoms with Crippen LogP contribution in [0, 0.1) is 5.41 Å². The number of nitrogens with two attached hydrogens (primary N) is 1. The van der Waals surface area contributed by atoms with Crippen LogP contribution in [-0.4, -0.2) is 76.7 Å². The van der Waals surface area contributed by atoms with Gasteiger partial charge in [0.1, 0.15) is 25.3 Å². The highest BCUT2D eigenvalue weighted by Crippen LogP contribution is 2.25. The third kappa shape index (κ3) is 5.98. The quantitative estimate of drug-likeness (QED) is 0.411. The summed E-state index contributed by atoms with van der Waals surface area (Å²) in [6.45, 7) is 3.96. The topological polar surface area (TPSA) is 159 Å². The summed E-state index contributed by atoms with van der Waals surface area (Å²) in [6.07, 6.45) is -0.815. The first-order valence-electron chi connectivity index (χ1n) is 7.80. The van der Waals surface area contributed by atoms with Crippen molar-refractivity contribution < 1.29 is 34.1 Å². The molecule has 10 nitrogen and oxygen atoms in total. The fourth-order valence-corrected chi connectivity index (χ4v) is 2.58. The van der Waals surface area contributed by atoms with Crippen LogP contribution in [-0.2, 0) is 23.9 Å². The number of hydrogen-bond donors (Lipinski definition) is 4. The number of carbonyl (C=O) groups is 4. The van der Waals surface area contributed by atoms with E-state index in [0.29, 0.717) is 0 Å². The number of carboxylic acids is 1. The highest BCUT2D eigenvalue weighted by Gasteiger charge is 2.43. The zero-order chi connectivity index (χ0) is 19.4. The number of carbonyl (C=O) groups excluding carboxylic acids is 3. The van der Waals surface area contributed by atoms with Gasteiger partial charge in [-0.25, -0.2) is 4.79 Å². The summed E-state index contributed by atoms with van der Waals surface area (Å²) in [6, 6.07) is -1.94. The molecular weight excluding hydrogens is 334 g/mol. The molecule has 25 heavy (non-hydrogen) atoms. The molecule has 142 valence electrons. The van der Waals surface area contributed by atoms with E-state index in [2.05, 4.69) is 5.32 Å². The van der Waals surface area contributed by atoms with Gasteiger partial charge in [-0.2, -0.15) is 0 Å². The number of aliphatic hydroxyl groups is 1. The first-order chi connectivity index (χ1) is 11.4. The predicted octanol–water partition coefficient (Wildman–Crippen LogP) is -1.93. The molecule has 10 heteroatoms. The highest BCUT2D eigenvalue weighted by atomic mass is 16.5. The maximum absolute atomic E-state index is 12.8. The minimum Gasteiger partial charge on any atom is -0.480 e. The number of carboxylic acid groups (broad SMARTS) is 1. The second-order valence-electron chi connectivity index (χ2n) is 7.05. The molecule has 1 fully saturated rings. The Morgan fingerprint density at radius 3 is 2.36 bits per heavy atom. The lowest BCUT2D eigenvalue weighted by Crippen LogP contribution is -2.57. The van der Waals surface area contributed by atoms with Gasteiger partial charge >= 0.3 is 5.97 Å². The van der Waals surface area contributed by atoms with Crippen molar-refractivity contribution in [3.8, 4) is 0 Å². The van der Waals surface area contributed by atoms with Gasteiger partial charge in [0.05, 0.1) is 6.10 Å². The molecule has 1 aliphatic rings. The van der Waals surface area contributed by atoms with E-state index < -0.39 is 60.5 Å². The van der Waals surface area contributed by atoms with E-state index >= 15 is 0 Å². The minimum atomic E-state index is -1.22. The van der Waals surface area contributed by atoms with Crippen LogP contribution in [0.3, 0.4) is 0 Å². The van der Waals surface area contributed by atoms with E-state index in [4.69, 9.17) is 15.6 Å². The van der Waals surface area contributed by atoms with E-state index in [-0.39, 0.29) is 13.0 Å². The van der Waals surface area contributed by atoms with Crippen molar-refractivity contribution in [2.45, 2.75) is 45.4 Å². The Bertz CT molecular complexity index is 544. The van der Waals surface area contributed by atoms with E-state index in [9.17, 15) is 24.3 Å². The number of hydrogen-bond acceptors (Lipinski definition) is 6. The maximum Gasteiger partial charge on any atom is 0.329 e. The number of nitrogens with one attached hydrogen (secondary N) is 1. The second kappa shape index (κ2) is 8.26. The normalized spacial score (nSPS) is 21.7. The van der Waals surface area contributed by atoms with Crippen LogP contribution in [0.15, 0.2) is 0 Å². The fourth-order valence-electron chi connectivity index (χ4n) is 2.58. The van der Waals surface area contributed by atoms with Crippen LogP contribution in [0.5, 0.6) is 0 Å². The number of aliphatic carboxylic acids is 1. The Kier molecular flexibility index (Phi) is 6.88. The van der Waals surface area contributed by atoms with Gasteiger partial charge in [0, 0.05) is 13.0 Å². The first-order valence-corrected chi connectivity index (χ1v) is 7.80. The number of amides is 3. The van der Waals surface area contributed by atoms with Gasteiger partial charge in [-0.05, 0) is 5.41 Å². The van der Waals surface area contributed by atoms with Crippen molar-refractivity contribution in [1.29, 1.82) is 0 Å². The van der Waals surface area contributed by atoms with E-state index in [1.54, 1.807) is 20.8 Å². The van der Waals surface area contributed by atoms with Crippen molar-refractivity contribution >= 4 is 23.7 Å². The van der Waals surface area contributed by atoms with Crippen molar-refractivity contribution in [2.24, 2.45) is 11.1 Å². The number of likely N-dealkylation sites (tertiary alicyclic amines) is 1. The molecule has 1 saturated heterocycles. The molecule has 5 N–H and O–H groups in total. The highest BCUT2D eigenvalue weighted by molar-refractivity contribution is 5.93. The standard InChI is InChI=1S/C15H25N3O7/c1-15(2,3)12(17-10(20)6-25-7-11(21)22)14(24)18-5-8(19)4-9(18)13(16)23/h8-9,12,19H,4-7H2,1-3H3,(H2,16,23)(H,17,20)(H,21,22)/t8-,9?,12-/m1/s1. The summed E-state index contributed by atoms with van der Waals surface area (Å²) >= 11 is 0. The Labute approximate surface area is 145 Å². The third-order valence-corrected chi connectivity index (χ3v) is 3.77. The molecule has 0 radical (unpaired) electrons. The number of aliphatic hydroxyl groups excluding tert-OH is 1. The number of rotatable bonds is 7. The predicted molar refractivity (Wildman–Crippen MR) is 85.2 cm³/mol. The Morgan fingerprint density at radius 2 is 1.88 bits per heavy atom. The van der Waals surface area contributed by atoms with Crippen molar-refractivity contribution in [3.05, 3.63) is 0 Å². The van der Waals surface area contributed by atoms with Gasteiger partial charge in [0.15, 0.2) is 0 Å². The van der Waals surface area contributed by atoms with Crippen LogP contribution in [0.1, 0.15) is 27.2 Å². The molecule has 1 unspecified atom stereocenters. The second-order valence-corrected chi connectivity index (χ2v) is 7.05. The summed E-state index contributed by atoms with van der Waals surface area (Å²) in [5.41, 5.74) is 4.59. The van der Waals surface area contributed by atoms with Gasteiger partial charge in [-0.1, -0.05) is 20.8 Å². The molecule has 0 aliphatic carbocycles. The van der Waals surface area contributed by atoms with Gasteiger partial charge in [-0.3, -0.25) is 14.4 Å². The van der Waals surface area contributed by atoms with E-state index in [1.807, 2.05) is 0 Å². The lowest BCUT2D eigenvalue weighted by Gasteiger charge is -2.35. The number of primary amides is 1. The van der Waals surface area contributed by atoms with Crippen molar-refractivity contribution in [1.82, 2.24) is 10.2 Å². The molecule has 1 heterocycles. The average Bonchev–Trinajstić information content (AvgIpc) is 2.84. The molecule has 3 atom stereocenters. The molecule has 0 spiro atoms. The van der Waals surface area contributed by atoms with Crippen LogP contribution in [0.4, 0.5) is 0 Å². The van der Waals surface area contributed by atoms with Gasteiger partial charge in [0.25, 0.3) is 0 Å². The lowest BCUT2D eigenvalue weighted by atomic mass is 9.85. The first kappa shape index (κ1) is 20.8. The number of nitrogens with zero attached hydrogens (tertiary/aromatic N) is 1. The van der Waals surface area contributed by atoms with E-state index in [1.165, 1.54) is 4.90 Å². The summed E-state index contributed by atoms with van der Waals surface area (Å²) in [5.74, 6) is -3.15. The van der Waals surface area contributed by atoms with Crippen molar-refractivity contribution in [3.63, 3.8) is 0 Å². The maximum atomic E-state index is 12.8. The molecular formula is C15H25N3O7. The molecule has 0 aromatic heterocycles. The van der Waals surface area contributed by atoms with Gasteiger partial charge in [0.2, 0.25) is 17.7 Å². The summed E-state index contributed by atoms with van der Waals surface area (Å²) in [4.78, 5) is 47.8. The summed E-state index contributed by atoms with van der Waals surface area (Å²) < 4.78 is 4.70. The van der Waals surface area contributed by atoms with Gasteiger partial charge in [-0.15, -0.1) is 0 Å². The fraction of sp³-hybridized carbons (Fsp3) is 0.733. The molecule has 0 aromatic rings. The molecule has 3 amide bonds. The molecule has 1 rings (SSSR count). The SMILES string of the molecule is CC(C)(C)[C@H](NC(=O)COCC(=O)O)C(=O)N1C[C@H](O)CC1C(N)=O. The Hall–Kier alpha value is -2.20. The number of β-amino-alcohol motifs (C(OH)–C–C–N with tert-alkyl or cyclic N) is 1. The molecule has 0 aromatic carbocycles. The van der Waals surface area contributed by atoms with Crippen LogP contribution in [0.2, 0.25) is 0 Å². The van der Waals surface area contributed by atoms with E-state index in [0.717, 1.165) is 0 Å². The van der Waals surface area contributed by atoms with Gasteiger partial charge < -0.3 is 30.9 Å². The minimum absolute atomic E-state index is 0.0492. The molecule has 0 bridgehead atoms. The smallest absolute Gasteiger partial charge is 0.329 e. The Morgan fingerprint density at radius 1 is 1.28 bits per heavy atom. The average molecular weight is 359 g/mol. The number of ether oxygens (including phenoxy) is 1. The Balaban J connectivity index is 2.84. The molecule has 1 aliphatic heterocycles. The summed E-state index contributed by atoms with van der Waals surface area (Å²) in [5, 5.41) is 20.7. The van der Waals surface area contributed by atoms with Crippen LogP contribution in [0.25, 0.3) is 0 Å².